The smallest absolute Gasteiger partial charge is 0.265 e. The lowest BCUT2D eigenvalue weighted by atomic mass is 10.1. The maximum absolute atomic E-state index is 12.6. The van der Waals surface area contributed by atoms with Gasteiger partial charge in [0.1, 0.15) is 5.75 Å². The molecule has 1 aliphatic heterocycles. The molecule has 1 N–H and O–H groups in total. The second-order valence-electron chi connectivity index (χ2n) is 7.99. The van der Waals surface area contributed by atoms with Crippen molar-refractivity contribution in [2.75, 3.05) is 22.6 Å². The number of fused-ring (bicyclic) bond motifs is 2. The number of ether oxygens (including phenoxy) is 1. The summed E-state index contributed by atoms with van der Waals surface area (Å²) in [6, 6.07) is 20.9. The zero-order valence-corrected chi connectivity index (χ0v) is 19.6. The van der Waals surface area contributed by atoms with Gasteiger partial charge < -0.3 is 14.6 Å². The molecule has 0 unspecified atom stereocenters. The van der Waals surface area contributed by atoms with Crippen molar-refractivity contribution < 1.29 is 14.3 Å². The summed E-state index contributed by atoms with van der Waals surface area (Å²) in [7, 11) is 1.84. The number of hydrogen-bond donors (Lipinski definition) is 1. The van der Waals surface area contributed by atoms with Crippen molar-refractivity contribution in [2.45, 2.75) is 18.1 Å². The average Bonchev–Trinajstić information content (AvgIpc) is 3.22. The maximum atomic E-state index is 12.6. The van der Waals surface area contributed by atoms with Crippen molar-refractivity contribution in [2.24, 2.45) is 7.05 Å². The summed E-state index contributed by atoms with van der Waals surface area (Å²) in [6.45, 7) is 1.89. The summed E-state index contributed by atoms with van der Waals surface area (Å²) >= 11 is 1.30. The lowest BCUT2D eigenvalue weighted by molar-refractivity contribution is -0.121. The zero-order valence-electron chi connectivity index (χ0n) is 18.8. The van der Waals surface area contributed by atoms with Crippen molar-refractivity contribution in [3.63, 3.8) is 0 Å². The van der Waals surface area contributed by atoms with Crippen LogP contribution >= 0.6 is 11.8 Å². The molecule has 8 nitrogen and oxygen atoms in total. The van der Waals surface area contributed by atoms with E-state index in [4.69, 9.17) is 4.74 Å². The van der Waals surface area contributed by atoms with Crippen molar-refractivity contribution in [3.8, 4) is 5.75 Å². The first-order valence-corrected chi connectivity index (χ1v) is 11.8. The fourth-order valence-corrected chi connectivity index (χ4v) is 4.79. The van der Waals surface area contributed by atoms with E-state index in [0.717, 1.165) is 16.5 Å². The molecule has 172 valence electrons. The van der Waals surface area contributed by atoms with E-state index in [1.807, 2.05) is 85.3 Å². The zero-order chi connectivity index (χ0) is 23.7. The van der Waals surface area contributed by atoms with Crippen LogP contribution in [0.5, 0.6) is 5.75 Å². The van der Waals surface area contributed by atoms with Crippen LogP contribution in [0.25, 0.3) is 10.8 Å². The molecule has 5 rings (SSSR count). The van der Waals surface area contributed by atoms with E-state index >= 15 is 0 Å². The topological polar surface area (TPSA) is 89.4 Å². The highest BCUT2D eigenvalue weighted by molar-refractivity contribution is 7.99. The molecule has 0 spiro atoms. The summed E-state index contributed by atoms with van der Waals surface area (Å²) in [6.07, 6.45) is 0. The van der Waals surface area contributed by atoms with Crippen LogP contribution in [-0.4, -0.2) is 38.9 Å². The van der Waals surface area contributed by atoms with Crippen molar-refractivity contribution in [1.82, 2.24) is 14.8 Å². The molecule has 3 aromatic carbocycles. The number of hydrogen-bond acceptors (Lipinski definition) is 6. The Balaban J connectivity index is 1.27. The number of rotatable bonds is 6. The number of para-hydroxylation sites is 2. The third-order valence-corrected chi connectivity index (χ3v) is 6.76. The van der Waals surface area contributed by atoms with Gasteiger partial charge in [-0.25, -0.2) is 0 Å². The fourth-order valence-electron chi connectivity index (χ4n) is 4.07. The first-order valence-electron chi connectivity index (χ1n) is 10.9. The Labute approximate surface area is 200 Å². The van der Waals surface area contributed by atoms with Gasteiger partial charge in [0.25, 0.3) is 5.91 Å². The normalized spacial score (nSPS) is 13.9. The maximum Gasteiger partial charge on any atom is 0.265 e. The summed E-state index contributed by atoms with van der Waals surface area (Å²) in [5.41, 5.74) is 1.46. The Morgan fingerprint density at radius 1 is 1.09 bits per heavy atom. The molecular formula is C25H23N5O3S. The lowest BCUT2D eigenvalue weighted by Gasteiger charge is -2.33. The SMILES string of the molecule is C[C@@H](c1nnc(SCC(=O)Nc2ccc3ccccc3c2)n1C)N1C(=O)COc2ccccc21. The minimum atomic E-state index is -0.351. The highest BCUT2D eigenvalue weighted by Crippen LogP contribution is 2.37. The molecule has 0 fully saturated rings. The second kappa shape index (κ2) is 9.18. The molecule has 0 saturated heterocycles. The minimum Gasteiger partial charge on any atom is -0.482 e. The molecule has 0 bridgehead atoms. The standard InChI is InChI=1S/C25H23N5O3S/c1-16(30-20-9-5-6-10-21(20)33-14-23(30)32)24-27-28-25(29(24)2)34-15-22(31)26-19-12-11-17-7-3-4-8-18(17)13-19/h3-13,16H,14-15H2,1-2H3,(H,26,31)/t16-/m0/s1. The quantitative estimate of drug-likeness (QED) is 0.423. The number of anilines is 2. The number of nitrogens with zero attached hydrogens (tertiary/aromatic N) is 4. The number of thioether (sulfide) groups is 1. The molecule has 1 atom stereocenters. The van der Waals surface area contributed by atoms with Crippen molar-refractivity contribution in [1.29, 1.82) is 0 Å². The number of amides is 2. The van der Waals surface area contributed by atoms with Crippen LogP contribution in [0.4, 0.5) is 11.4 Å². The van der Waals surface area contributed by atoms with Crippen LogP contribution in [-0.2, 0) is 16.6 Å². The van der Waals surface area contributed by atoms with Gasteiger partial charge in [-0.05, 0) is 42.0 Å². The molecule has 2 amide bonds. The van der Waals surface area contributed by atoms with E-state index in [-0.39, 0.29) is 30.2 Å². The molecule has 9 heteroatoms. The predicted octanol–water partition coefficient (Wildman–Crippen LogP) is 4.19. The molecule has 0 aliphatic carbocycles. The fraction of sp³-hybridized carbons (Fsp3) is 0.200. The molecule has 0 radical (unpaired) electrons. The average molecular weight is 474 g/mol. The Morgan fingerprint density at radius 2 is 1.85 bits per heavy atom. The van der Waals surface area contributed by atoms with Gasteiger partial charge in [-0.2, -0.15) is 0 Å². The van der Waals surface area contributed by atoms with E-state index in [9.17, 15) is 9.59 Å². The summed E-state index contributed by atoms with van der Waals surface area (Å²) < 4.78 is 7.37. The largest absolute Gasteiger partial charge is 0.482 e. The van der Waals surface area contributed by atoms with Gasteiger partial charge in [0.2, 0.25) is 5.91 Å². The van der Waals surface area contributed by atoms with Crippen LogP contribution in [0.2, 0.25) is 0 Å². The van der Waals surface area contributed by atoms with Crippen molar-refractivity contribution in [3.05, 3.63) is 72.6 Å². The van der Waals surface area contributed by atoms with Crippen LogP contribution in [0.15, 0.2) is 71.9 Å². The molecule has 1 aromatic heterocycles. The molecule has 1 aliphatic rings. The Hall–Kier alpha value is -3.85. The molecule has 34 heavy (non-hydrogen) atoms. The van der Waals surface area contributed by atoms with Gasteiger partial charge in [-0.1, -0.05) is 54.2 Å². The summed E-state index contributed by atoms with van der Waals surface area (Å²) in [5, 5.41) is 14.3. The highest BCUT2D eigenvalue weighted by atomic mass is 32.2. The molecule has 2 heterocycles. The van der Waals surface area contributed by atoms with Crippen LogP contribution in [0.3, 0.4) is 0 Å². The molecule has 0 saturated carbocycles. The highest BCUT2D eigenvalue weighted by Gasteiger charge is 2.32. The monoisotopic (exact) mass is 473 g/mol. The number of carbonyl (C=O) groups is 2. The third kappa shape index (κ3) is 4.22. The first kappa shape index (κ1) is 22.0. The van der Waals surface area contributed by atoms with E-state index in [1.165, 1.54) is 11.8 Å². The van der Waals surface area contributed by atoms with Crippen LogP contribution in [0, 0.1) is 0 Å². The van der Waals surface area contributed by atoms with E-state index in [1.54, 1.807) is 4.90 Å². The third-order valence-electron chi connectivity index (χ3n) is 5.74. The Kier molecular flexibility index (Phi) is 5.93. The Bertz CT molecular complexity index is 1390. The van der Waals surface area contributed by atoms with Gasteiger partial charge >= 0.3 is 0 Å². The van der Waals surface area contributed by atoms with Gasteiger partial charge in [0, 0.05) is 12.7 Å². The van der Waals surface area contributed by atoms with Gasteiger partial charge in [0.15, 0.2) is 17.6 Å². The van der Waals surface area contributed by atoms with Crippen LogP contribution < -0.4 is 15.0 Å². The summed E-state index contributed by atoms with van der Waals surface area (Å²) in [4.78, 5) is 26.9. The first-order chi connectivity index (χ1) is 16.5. The van der Waals surface area contributed by atoms with E-state index in [0.29, 0.717) is 22.4 Å². The lowest BCUT2D eigenvalue weighted by Crippen LogP contribution is -2.41. The molecule has 4 aromatic rings. The van der Waals surface area contributed by atoms with Gasteiger partial charge in [0.05, 0.1) is 17.5 Å². The minimum absolute atomic E-state index is 0.0181. The number of aromatic nitrogens is 3. The van der Waals surface area contributed by atoms with E-state index < -0.39 is 0 Å². The predicted molar refractivity (Wildman–Crippen MR) is 132 cm³/mol. The van der Waals surface area contributed by atoms with E-state index in [2.05, 4.69) is 15.5 Å². The number of nitrogens with one attached hydrogen (secondary N) is 1. The molecular weight excluding hydrogens is 450 g/mol. The van der Waals surface area contributed by atoms with Gasteiger partial charge in [-0.3, -0.25) is 14.5 Å². The summed E-state index contributed by atoms with van der Waals surface area (Å²) in [5.74, 6) is 1.21. The van der Waals surface area contributed by atoms with Crippen molar-refractivity contribution >= 4 is 45.7 Å². The Morgan fingerprint density at radius 3 is 2.71 bits per heavy atom. The second-order valence-corrected chi connectivity index (χ2v) is 8.94. The van der Waals surface area contributed by atoms with Gasteiger partial charge in [-0.15, -0.1) is 10.2 Å². The number of benzene rings is 3. The van der Waals surface area contributed by atoms with Crippen LogP contribution in [0.1, 0.15) is 18.8 Å². The number of carbonyl (C=O) groups excluding carboxylic acids is 2.